The zero-order chi connectivity index (χ0) is 25.2. The summed E-state index contributed by atoms with van der Waals surface area (Å²) in [7, 11) is 0. The van der Waals surface area contributed by atoms with Crippen LogP contribution in [0.4, 0.5) is 19.1 Å². The molecule has 6 rings (SSSR count). The Morgan fingerprint density at radius 2 is 1.78 bits per heavy atom. The van der Waals surface area contributed by atoms with Gasteiger partial charge in [0, 0.05) is 24.2 Å². The van der Waals surface area contributed by atoms with Gasteiger partial charge >= 0.3 is 6.36 Å². The molecule has 2 aliphatic carbocycles. The van der Waals surface area contributed by atoms with Crippen molar-refractivity contribution in [2.24, 2.45) is 0 Å². The molecular formula is C24H28F3N7O2. The Hall–Kier alpha value is -2.86. The number of nitrogens with zero attached hydrogens (tertiary/aromatic N) is 7. The molecule has 192 valence electrons. The lowest BCUT2D eigenvalue weighted by molar-refractivity contribution is -0.351. The minimum absolute atomic E-state index is 0.0742. The first-order valence-corrected chi connectivity index (χ1v) is 12.3. The number of hydrogen-bond acceptors (Lipinski definition) is 8. The third-order valence-corrected chi connectivity index (χ3v) is 7.20. The largest absolute Gasteiger partial charge is 0.522 e. The summed E-state index contributed by atoms with van der Waals surface area (Å²) in [5.41, 5.74) is 4.14. The van der Waals surface area contributed by atoms with Gasteiger partial charge in [-0.2, -0.15) is 10.1 Å². The van der Waals surface area contributed by atoms with Crippen molar-refractivity contribution in [1.29, 1.82) is 0 Å². The highest BCUT2D eigenvalue weighted by Gasteiger charge is 2.42. The van der Waals surface area contributed by atoms with Gasteiger partial charge in [-0.15, -0.1) is 13.2 Å². The molecule has 0 spiro atoms. The van der Waals surface area contributed by atoms with Crippen LogP contribution in [0.2, 0.25) is 0 Å². The highest BCUT2D eigenvalue weighted by molar-refractivity contribution is 5.75. The number of aromatic nitrogens is 6. The van der Waals surface area contributed by atoms with E-state index in [9.17, 15) is 13.2 Å². The number of anilines is 1. The van der Waals surface area contributed by atoms with Crippen LogP contribution in [0.15, 0.2) is 12.4 Å². The molecule has 1 saturated heterocycles. The van der Waals surface area contributed by atoms with Gasteiger partial charge in [0.15, 0.2) is 5.65 Å². The molecule has 1 aliphatic heterocycles. The molecule has 2 saturated carbocycles. The van der Waals surface area contributed by atoms with E-state index >= 15 is 0 Å². The monoisotopic (exact) mass is 503 g/mol. The molecule has 3 aliphatic rings. The van der Waals surface area contributed by atoms with Crippen LogP contribution in [0.1, 0.15) is 73.3 Å². The molecule has 36 heavy (non-hydrogen) atoms. The summed E-state index contributed by atoms with van der Waals surface area (Å²) >= 11 is 0. The summed E-state index contributed by atoms with van der Waals surface area (Å²) in [6.07, 6.45) is 0.879. The minimum atomic E-state index is -4.64. The fraction of sp³-hybridized carbons (Fsp3) is 0.625. The number of ether oxygens (including phenoxy) is 2. The summed E-state index contributed by atoms with van der Waals surface area (Å²) in [6, 6.07) is 0.486. The van der Waals surface area contributed by atoms with Gasteiger partial charge in [0.05, 0.1) is 48.1 Å². The van der Waals surface area contributed by atoms with Gasteiger partial charge in [-0.1, -0.05) is 0 Å². The molecule has 4 heterocycles. The summed E-state index contributed by atoms with van der Waals surface area (Å²) in [5.74, 6) is 0.286. The summed E-state index contributed by atoms with van der Waals surface area (Å²) < 4.78 is 50.5. The number of rotatable bonds is 5. The summed E-state index contributed by atoms with van der Waals surface area (Å²) in [6.45, 7) is 6.84. The molecule has 0 aromatic carbocycles. The molecule has 3 fully saturated rings. The lowest BCUT2D eigenvalue weighted by Gasteiger charge is -2.38. The average molecular weight is 504 g/mol. The van der Waals surface area contributed by atoms with Crippen molar-refractivity contribution in [2.75, 3.05) is 18.0 Å². The number of alkyl halides is 3. The molecule has 0 amide bonds. The van der Waals surface area contributed by atoms with Crippen molar-refractivity contribution in [3.8, 4) is 0 Å². The van der Waals surface area contributed by atoms with Gasteiger partial charge in [-0.3, -0.25) is 9.42 Å². The van der Waals surface area contributed by atoms with Crippen LogP contribution in [0, 0.1) is 13.8 Å². The summed E-state index contributed by atoms with van der Waals surface area (Å²) in [4.78, 5) is 21.0. The summed E-state index contributed by atoms with van der Waals surface area (Å²) in [5, 5.41) is 4.50. The zero-order valence-corrected chi connectivity index (χ0v) is 20.4. The maximum Gasteiger partial charge on any atom is 0.522 e. The van der Waals surface area contributed by atoms with E-state index in [2.05, 4.69) is 30.9 Å². The lowest BCUT2D eigenvalue weighted by atomic mass is 9.79. The molecule has 3 aromatic rings. The number of fused-ring (bicyclic) bond motifs is 1. The second-order valence-electron chi connectivity index (χ2n) is 10.2. The normalized spacial score (nSPS) is 26.9. The van der Waals surface area contributed by atoms with Gasteiger partial charge in [0.25, 0.3) is 0 Å². The number of hydrogen-bond donors (Lipinski definition) is 0. The Bertz CT molecular complexity index is 1290. The van der Waals surface area contributed by atoms with E-state index in [0.717, 1.165) is 29.8 Å². The molecular weight excluding hydrogens is 475 g/mol. The molecule has 9 nitrogen and oxygen atoms in total. The quantitative estimate of drug-likeness (QED) is 0.509. The number of aryl methyl sites for hydroxylation is 2. The standard InChI is InChI=1S/C24H28F3N7O2/c1-12-9-33(11-19(35-12)16-8-28-34(10-16)17-4-5-17)23-31-20(15-6-18(7-15)36-24(25,26)27)21-22(32-23)30-14(3)13(2)29-21/h8,10,12,15,17-19H,4-7,9,11H2,1-3H3/t12-,15?,18?,19-/m1/s1. The molecule has 2 atom stereocenters. The van der Waals surface area contributed by atoms with Gasteiger partial charge in [0.1, 0.15) is 11.6 Å². The van der Waals surface area contributed by atoms with Crippen LogP contribution in [0.5, 0.6) is 0 Å². The number of halogens is 3. The van der Waals surface area contributed by atoms with Crippen molar-refractivity contribution >= 4 is 17.1 Å². The van der Waals surface area contributed by atoms with Crippen LogP contribution in [0.3, 0.4) is 0 Å². The smallest absolute Gasteiger partial charge is 0.367 e. The van der Waals surface area contributed by atoms with Crippen LogP contribution < -0.4 is 4.90 Å². The van der Waals surface area contributed by atoms with E-state index in [1.54, 1.807) is 0 Å². The maximum atomic E-state index is 12.7. The molecule has 0 radical (unpaired) electrons. The van der Waals surface area contributed by atoms with Crippen LogP contribution in [0.25, 0.3) is 11.2 Å². The van der Waals surface area contributed by atoms with Crippen LogP contribution in [-0.4, -0.2) is 61.4 Å². The van der Waals surface area contributed by atoms with E-state index in [4.69, 9.17) is 14.7 Å². The van der Waals surface area contributed by atoms with E-state index in [1.165, 1.54) is 0 Å². The first kappa shape index (κ1) is 23.5. The van der Waals surface area contributed by atoms with Crippen molar-refractivity contribution in [1.82, 2.24) is 29.7 Å². The third-order valence-electron chi connectivity index (χ3n) is 7.20. The molecule has 0 bridgehead atoms. The topological polar surface area (TPSA) is 91.1 Å². The van der Waals surface area contributed by atoms with Gasteiger partial charge < -0.3 is 9.64 Å². The van der Waals surface area contributed by atoms with Gasteiger partial charge in [-0.25, -0.2) is 15.0 Å². The third kappa shape index (κ3) is 4.63. The lowest BCUT2D eigenvalue weighted by Crippen LogP contribution is -2.44. The fourth-order valence-electron chi connectivity index (χ4n) is 4.98. The average Bonchev–Trinajstić information content (AvgIpc) is 3.51. The van der Waals surface area contributed by atoms with E-state index in [1.807, 2.05) is 31.6 Å². The first-order chi connectivity index (χ1) is 17.1. The Kier molecular flexibility index (Phi) is 5.63. The first-order valence-electron chi connectivity index (χ1n) is 12.3. The van der Waals surface area contributed by atoms with Crippen molar-refractivity contribution in [2.45, 2.75) is 83.1 Å². The highest BCUT2D eigenvalue weighted by Crippen LogP contribution is 2.43. The van der Waals surface area contributed by atoms with E-state index in [0.29, 0.717) is 41.9 Å². The van der Waals surface area contributed by atoms with Crippen LogP contribution in [-0.2, 0) is 9.47 Å². The van der Waals surface area contributed by atoms with Crippen LogP contribution >= 0.6 is 0 Å². The zero-order valence-electron chi connectivity index (χ0n) is 20.4. The number of morpholine rings is 1. The van der Waals surface area contributed by atoms with Crippen molar-refractivity contribution < 1.29 is 22.6 Å². The predicted molar refractivity (Wildman–Crippen MR) is 124 cm³/mol. The molecule has 0 N–H and O–H groups in total. The Morgan fingerprint density at radius 1 is 1.03 bits per heavy atom. The SMILES string of the molecule is Cc1nc2nc(N3C[C@@H](C)O[C@@H](c4cnn(C5CC5)c4)C3)nc(C3CC(OC(F)(F)F)C3)c2nc1C. The molecule has 12 heteroatoms. The molecule has 3 aromatic heterocycles. The van der Waals surface area contributed by atoms with E-state index < -0.39 is 12.5 Å². The Balaban J connectivity index is 1.31. The maximum absolute atomic E-state index is 12.7. The van der Waals surface area contributed by atoms with Gasteiger partial charge in [-0.05, 0) is 46.5 Å². The van der Waals surface area contributed by atoms with Crippen molar-refractivity contribution in [3.63, 3.8) is 0 Å². The Morgan fingerprint density at radius 3 is 2.50 bits per heavy atom. The fourth-order valence-corrected chi connectivity index (χ4v) is 4.98. The second kappa shape index (κ2) is 8.62. The van der Waals surface area contributed by atoms with Crippen molar-refractivity contribution in [3.05, 3.63) is 35.0 Å². The van der Waals surface area contributed by atoms with E-state index in [-0.39, 0.29) is 31.0 Å². The highest BCUT2D eigenvalue weighted by atomic mass is 19.4. The minimum Gasteiger partial charge on any atom is -0.367 e. The Labute approximate surface area is 206 Å². The predicted octanol–water partition coefficient (Wildman–Crippen LogP) is 4.32. The second-order valence-corrected chi connectivity index (χ2v) is 10.2. The van der Waals surface area contributed by atoms with Gasteiger partial charge in [0.2, 0.25) is 5.95 Å². The molecule has 0 unspecified atom stereocenters.